The molecule has 0 aromatic heterocycles. The van der Waals surface area contributed by atoms with E-state index in [9.17, 15) is 9.59 Å². The second kappa shape index (κ2) is 4.06. The fraction of sp³-hybridized carbons (Fsp3) is 0.714. The molecule has 1 rings (SSSR count). The van der Waals surface area contributed by atoms with E-state index in [1.165, 1.54) is 4.90 Å². The summed E-state index contributed by atoms with van der Waals surface area (Å²) in [5.74, 6) is -1.42. The first kappa shape index (κ1) is 10.5. The number of alkyl halides is 1. The zero-order valence-corrected chi connectivity index (χ0v) is 8.40. The van der Waals surface area contributed by atoms with Gasteiger partial charge in [0, 0.05) is 17.8 Å². The Labute approximate surface area is 83.5 Å². The van der Waals surface area contributed by atoms with E-state index in [1.54, 1.807) is 0 Å². The third-order valence-corrected chi connectivity index (χ3v) is 2.46. The van der Waals surface area contributed by atoms with Crippen LogP contribution in [-0.2, 0) is 9.59 Å². The van der Waals surface area contributed by atoms with E-state index in [4.69, 9.17) is 10.2 Å². The van der Waals surface area contributed by atoms with E-state index in [-0.39, 0.29) is 17.3 Å². The third kappa shape index (κ3) is 2.67. The number of nitrogens with zero attached hydrogens (tertiary/aromatic N) is 1. The summed E-state index contributed by atoms with van der Waals surface area (Å²) < 4.78 is 0. The molecule has 0 aromatic rings. The maximum atomic E-state index is 11.1. The van der Waals surface area contributed by atoms with Crippen molar-refractivity contribution in [2.24, 2.45) is 0 Å². The number of hydrogen-bond donors (Lipinski definition) is 2. The molecule has 2 atom stereocenters. The lowest BCUT2D eigenvalue weighted by Crippen LogP contribution is -2.37. The Balaban J connectivity index is 2.46. The van der Waals surface area contributed by atoms with Crippen LogP contribution in [0.5, 0.6) is 0 Å². The van der Waals surface area contributed by atoms with Crippen LogP contribution in [-0.4, -0.2) is 51.0 Å². The number of carboxylic acid groups (broad SMARTS) is 1. The Morgan fingerprint density at radius 1 is 1.77 bits per heavy atom. The lowest BCUT2D eigenvalue weighted by Gasteiger charge is -2.17. The van der Waals surface area contributed by atoms with Gasteiger partial charge in [0.25, 0.3) is 0 Å². The molecule has 0 saturated carbocycles. The molecule has 0 aliphatic carbocycles. The fourth-order valence-electron chi connectivity index (χ4n) is 1.19. The van der Waals surface area contributed by atoms with Crippen molar-refractivity contribution < 1.29 is 19.8 Å². The summed E-state index contributed by atoms with van der Waals surface area (Å²) in [7, 11) is 0. The summed E-state index contributed by atoms with van der Waals surface area (Å²) in [6.45, 7) is 0.333. The van der Waals surface area contributed by atoms with E-state index in [0.29, 0.717) is 13.0 Å². The van der Waals surface area contributed by atoms with Crippen LogP contribution in [0.25, 0.3) is 0 Å². The van der Waals surface area contributed by atoms with Gasteiger partial charge in [-0.1, -0.05) is 15.9 Å². The van der Waals surface area contributed by atoms with E-state index in [1.807, 2.05) is 0 Å². The number of amides is 1. The van der Waals surface area contributed by atoms with Gasteiger partial charge in [-0.25, -0.2) is 4.79 Å². The van der Waals surface area contributed by atoms with Crippen molar-refractivity contribution in [3.8, 4) is 0 Å². The minimum Gasteiger partial charge on any atom is -0.479 e. The summed E-state index contributed by atoms with van der Waals surface area (Å²) in [5, 5.41) is 17.4. The quantitative estimate of drug-likeness (QED) is 0.659. The number of rotatable bonds is 3. The van der Waals surface area contributed by atoms with Crippen LogP contribution in [0.15, 0.2) is 0 Å². The van der Waals surface area contributed by atoms with Crippen molar-refractivity contribution in [2.45, 2.75) is 17.4 Å². The van der Waals surface area contributed by atoms with Crippen LogP contribution in [0.3, 0.4) is 0 Å². The zero-order chi connectivity index (χ0) is 10.0. The molecule has 1 aliphatic rings. The molecule has 13 heavy (non-hydrogen) atoms. The van der Waals surface area contributed by atoms with Gasteiger partial charge in [-0.2, -0.15) is 0 Å². The molecule has 1 aliphatic heterocycles. The second-order valence-electron chi connectivity index (χ2n) is 2.95. The Morgan fingerprint density at radius 3 is 2.77 bits per heavy atom. The van der Waals surface area contributed by atoms with E-state index >= 15 is 0 Å². The predicted octanol–water partition coefficient (Wildman–Crippen LogP) is -0.572. The van der Waals surface area contributed by atoms with Gasteiger partial charge in [-0.15, -0.1) is 0 Å². The maximum absolute atomic E-state index is 11.1. The van der Waals surface area contributed by atoms with Gasteiger partial charge in [0.1, 0.15) is 0 Å². The van der Waals surface area contributed by atoms with Crippen molar-refractivity contribution in [2.75, 3.05) is 13.1 Å². The van der Waals surface area contributed by atoms with E-state index in [2.05, 4.69) is 15.9 Å². The highest BCUT2D eigenvalue weighted by Crippen LogP contribution is 2.17. The Hall–Kier alpha value is -0.620. The number of carbonyl (C=O) groups is 2. The van der Waals surface area contributed by atoms with Crippen LogP contribution >= 0.6 is 15.9 Å². The largest absolute Gasteiger partial charge is 0.479 e. The van der Waals surface area contributed by atoms with E-state index in [0.717, 1.165) is 0 Å². The number of aliphatic carboxylic acids is 1. The predicted molar refractivity (Wildman–Crippen MR) is 47.6 cm³/mol. The number of aliphatic hydroxyl groups excluding tert-OH is 1. The molecule has 74 valence electrons. The van der Waals surface area contributed by atoms with Gasteiger partial charge in [0.15, 0.2) is 6.10 Å². The first-order valence-electron chi connectivity index (χ1n) is 3.83. The van der Waals surface area contributed by atoms with Gasteiger partial charge >= 0.3 is 5.97 Å². The molecular formula is C7H10BrNO4. The molecule has 5 nitrogen and oxygen atoms in total. The number of carboxylic acids is 1. The second-order valence-corrected chi connectivity index (χ2v) is 4.25. The number of carbonyl (C=O) groups excluding carboxylic acids is 1. The monoisotopic (exact) mass is 251 g/mol. The van der Waals surface area contributed by atoms with Gasteiger partial charge < -0.3 is 15.1 Å². The summed E-state index contributed by atoms with van der Waals surface area (Å²) in [4.78, 5) is 22.8. The van der Waals surface area contributed by atoms with E-state index < -0.39 is 12.1 Å². The summed E-state index contributed by atoms with van der Waals surface area (Å²) in [5.41, 5.74) is 0. The Bertz CT molecular complexity index is 233. The van der Waals surface area contributed by atoms with Gasteiger partial charge in [0.05, 0.1) is 6.54 Å². The summed E-state index contributed by atoms with van der Waals surface area (Å²) in [6, 6.07) is 0. The average molecular weight is 252 g/mol. The highest BCUT2D eigenvalue weighted by Gasteiger charge is 2.30. The lowest BCUT2D eigenvalue weighted by molar-refractivity contribution is -0.148. The Kier molecular flexibility index (Phi) is 3.27. The van der Waals surface area contributed by atoms with Crippen LogP contribution in [0.2, 0.25) is 0 Å². The SMILES string of the molecule is O=C(O)[C@@H](O)CN1CC(Br)CC1=O. The summed E-state index contributed by atoms with van der Waals surface area (Å²) >= 11 is 3.25. The molecular weight excluding hydrogens is 242 g/mol. The topological polar surface area (TPSA) is 77.8 Å². The number of aliphatic hydroxyl groups is 1. The molecule has 2 N–H and O–H groups in total. The molecule has 1 saturated heterocycles. The normalized spacial score (nSPS) is 24.9. The van der Waals surface area contributed by atoms with Crippen molar-refractivity contribution in [3.63, 3.8) is 0 Å². The number of likely N-dealkylation sites (tertiary alicyclic amines) is 1. The zero-order valence-electron chi connectivity index (χ0n) is 6.81. The number of halogens is 1. The first-order valence-corrected chi connectivity index (χ1v) is 4.75. The molecule has 0 spiro atoms. The highest BCUT2D eigenvalue weighted by molar-refractivity contribution is 9.09. The highest BCUT2D eigenvalue weighted by atomic mass is 79.9. The number of β-amino-alcohol motifs (C(OH)–C–C–N with tert-alkyl or cyclic N) is 1. The molecule has 1 heterocycles. The van der Waals surface area contributed by atoms with Crippen molar-refractivity contribution >= 4 is 27.8 Å². The number of hydrogen-bond acceptors (Lipinski definition) is 3. The van der Waals surface area contributed by atoms with Gasteiger partial charge in [-0.05, 0) is 0 Å². The van der Waals surface area contributed by atoms with Crippen LogP contribution in [0, 0.1) is 0 Å². The van der Waals surface area contributed by atoms with Crippen molar-refractivity contribution in [1.29, 1.82) is 0 Å². The van der Waals surface area contributed by atoms with Gasteiger partial charge in [0.2, 0.25) is 5.91 Å². The Morgan fingerprint density at radius 2 is 2.38 bits per heavy atom. The molecule has 0 radical (unpaired) electrons. The molecule has 0 bridgehead atoms. The van der Waals surface area contributed by atoms with Crippen LogP contribution < -0.4 is 0 Å². The standard InChI is InChI=1S/C7H10BrNO4/c8-4-1-6(11)9(2-4)3-5(10)7(12)13/h4-5,10H,1-3H2,(H,12,13)/t4?,5-/m0/s1. The molecule has 0 aromatic carbocycles. The molecule has 1 unspecified atom stereocenters. The fourth-order valence-corrected chi connectivity index (χ4v) is 1.81. The van der Waals surface area contributed by atoms with Crippen molar-refractivity contribution in [3.05, 3.63) is 0 Å². The molecule has 1 fully saturated rings. The maximum Gasteiger partial charge on any atom is 0.334 e. The van der Waals surface area contributed by atoms with Gasteiger partial charge in [-0.3, -0.25) is 4.79 Å². The lowest BCUT2D eigenvalue weighted by atomic mass is 10.3. The summed E-state index contributed by atoms with van der Waals surface area (Å²) in [6.07, 6.45) is -1.12. The molecule has 6 heteroatoms. The van der Waals surface area contributed by atoms with Crippen molar-refractivity contribution in [1.82, 2.24) is 4.90 Å². The average Bonchev–Trinajstić information content (AvgIpc) is 2.30. The van der Waals surface area contributed by atoms with Crippen LogP contribution in [0.4, 0.5) is 0 Å². The smallest absolute Gasteiger partial charge is 0.334 e. The van der Waals surface area contributed by atoms with Crippen LogP contribution in [0.1, 0.15) is 6.42 Å². The third-order valence-electron chi connectivity index (χ3n) is 1.85. The minimum absolute atomic E-state index is 0.0704. The molecule has 1 amide bonds. The first-order chi connectivity index (χ1) is 6.00. The minimum atomic E-state index is -1.48.